The van der Waals surface area contributed by atoms with Crippen molar-refractivity contribution >= 4 is 0 Å². The molecule has 0 saturated heterocycles. The lowest BCUT2D eigenvalue weighted by Gasteiger charge is -2.37. The number of likely N-dealkylation sites (N-methyl/N-ethyl adjacent to an activating group) is 1. The fraction of sp³-hybridized carbons (Fsp3) is 0.353. The van der Waals surface area contributed by atoms with Gasteiger partial charge in [-0.15, -0.1) is 0 Å². The molecule has 2 heteroatoms. The zero-order chi connectivity index (χ0) is 13.2. The lowest BCUT2D eigenvalue weighted by molar-refractivity contribution is 0.417. The first-order valence-electron chi connectivity index (χ1n) is 7.03. The van der Waals surface area contributed by atoms with Crippen LogP contribution in [0.4, 0.5) is 0 Å². The van der Waals surface area contributed by atoms with E-state index < -0.39 is 0 Å². The van der Waals surface area contributed by atoms with Crippen LogP contribution < -0.4 is 5.32 Å². The van der Waals surface area contributed by atoms with Crippen molar-refractivity contribution in [1.82, 2.24) is 10.3 Å². The highest BCUT2D eigenvalue weighted by atomic mass is 14.9. The molecule has 1 aliphatic rings. The Labute approximate surface area is 114 Å². The molecule has 0 bridgehead atoms. The molecule has 0 fully saturated rings. The number of rotatable bonds is 4. The Hall–Kier alpha value is -1.67. The molecule has 0 radical (unpaired) electrons. The van der Waals surface area contributed by atoms with Crippen molar-refractivity contribution in [3.8, 4) is 0 Å². The number of fused-ring (bicyclic) bond motifs is 1. The van der Waals surface area contributed by atoms with Crippen LogP contribution in [0.5, 0.6) is 0 Å². The van der Waals surface area contributed by atoms with Gasteiger partial charge in [0.15, 0.2) is 0 Å². The SMILES string of the molecule is CCNC(c1cnccc1C)C1Cc2ccccc21. The average Bonchev–Trinajstić information content (AvgIpc) is 2.40. The minimum Gasteiger partial charge on any atom is -0.310 e. The van der Waals surface area contributed by atoms with Crippen LogP contribution in [-0.2, 0) is 6.42 Å². The van der Waals surface area contributed by atoms with E-state index in [1.807, 2.05) is 12.4 Å². The number of aromatic nitrogens is 1. The van der Waals surface area contributed by atoms with Crippen LogP contribution in [0.15, 0.2) is 42.7 Å². The Morgan fingerprint density at radius 3 is 2.89 bits per heavy atom. The van der Waals surface area contributed by atoms with E-state index in [2.05, 4.69) is 54.5 Å². The fourth-order valence-corrected chi connectivity index (χ4v) is 3.09. The van der Waals surface area contributed by atoms with Crippen molar-refractivity contribution < 1.29 is 0 Å². The van der Waals surface area contributed by atoms with Gasteiger partial charge in [0, 0.05) is 24.4 Å². The third-order valence-corrected chi connectivity index (χ3v) is 4.14. The first-order valence-corrected chi connectivity index (χ1v) is 7.03. The van der Waals surface area contributed by atoms with Gasteiger partial charge in [-0.05, 0) is 48.2 Å². The van der Waals surface area contributed by atoms with Gasteiger partial charge in [0.25, 0.3) is 0 Å². The summed E-state index contributed by atoms with van der Waals surface area (Å²) in [5, 5.41) is 3.64. The first kappa shape index (κ1) is 12.4. The summed E-state index contributed by atoms with van der Waals surface area (Å²) < 4.78 is 0. The molecule has 19 heavy (non-hydrogen) atoms. The number of nitrogens with zero attached hydrogens (tertiary/aromatic N) is 1. The lowest BCUT2D eigenvalue weighted by atomic mass is 9.71. The summed E-state index contributed by atoms with van der Waals surface area (Å²) in [6.07, 6.45) is 5.06. The van der Waals surface area contributed by atoms with Crippen molar-refractivity contribution in [1.29, 1.82) is 0 Å². The second-order valence-corrected chi connectivity index (χ2v) is 5.28. The van der Waals surface area contributed by atoms with Gasteiger partial charge in [0.1, 0.15) is 0 Å². The molecule has 1 aromatic heterocycles. The van der Waals surface area contributed by atoms with E-state index in [-0.39, 0.29) is 0 Å². The number of benzene rings is 1. The predicted octanol–water partition coefficient (Wildman–Crippen LogP) is 3.38. The van der Waals surface area contributed by atoms with Crippen molar-refractivity contribution in [2.45, 2.75) is 32.2 Å². The summed E-state index contributed by atoms with van der Waals surface area (Å²) in [7, 11) is 0. The van der Waals surface area contributed by atoms with E-state index in [1.165, 1.54) is 28.7 Å². The Morgan fingerprint density at radius 2 is 2.16 bits per heavy atom. The molecule has 98 valence electrons. The van der Waals surface area contributed by atoms with Crippen LogP contribution >= 0.6 is 0 Å². The number of hydrogen-bond acceptors (Lipinski definition) is 2. The van der Waals surface area contributed by atoms with Crippen molar-refractivity contribution in [2.24, 2.45) is 0 Å². The van der Waals surface area contributed by atoms with Gasteiger partial charge in [0.05, 0.1) is 0 Å². The quantitative estimate of drug-likeness (QED) is 0.902. The summed E-state index contributed by atoms with van der Waals surface area (Å²) >= 11 is 0. The standard InChI is InChI=1S/C17H20N2/c1-3-19-17(16-11-18-9-8-12(16)2)15-10-13-6-4-5-7-14(13)15/h4-9,11,15,17,19H,3,10H2,1-2H3. The number of hydrogen-bond donors (Lipinski definition) is 1. The molecule has 3 rings (SSSR count). The van der Waals surface area contributed by atoms with E-state index in [4.69, 9.17) is 0 Å². The van der Waals surface area contributed by atoms with E-state index in [0.29, 0.717) is 12.0 Å². The molecule has 2 nitrogen and oxygen atoms in total. The molecule has 0 spiro atoms. The summed E-state index contributed by atoms with van der Waals surface area (Å²) in [4.78, 5) is 4.31. The van der Waals surface area contributed by atoms with Gasteiger partial charge in [-0.2, -0.15) is 0 Å². The Bertz CT molecular complexity index is 577. The second-order valence-electron chi connectivity index (χ2n) is 5.28. The maximum absolute atomic E-state index is 4.31. The highest BCUT2D eigenvalue weighted by molar-refractivity contribution is 5.43. The van der Waals surface area contributed by atoms with Gasteiger partial charge in [0.2, 0.25) is 0 Å². The number of aryl methyl sites for hydroxylation is 1. The minimum absolute atomic E-state index is 0.383. The van der Waals surface area contributed by atoms with E-state index >= 15 is 0 Å². The summed E-state index contributed by atoms with van der Waals surface area (Å²) in [5.74, 6) is 0.582. The molecule has 1 aromatic carbocycles. The summed E-state index contributed by atoms with van der Waals surface area (Å²) in [6.45, 7) is 5.33. The van der Waals surface area contributed by atoms with Gasteiger partial charge < -0.3 is 5.32 Å². The van der Waals surface area contributed by atoms with Gasteiger partial charge in [-0.3, -0.25) is 4.98 Å². The van der Waals surface area contributed by atoms with Gasteiger partial charge in [-0.1, -0.05) is 31.2 Å². The molecule has 2 unspecified atom stereocenters. The molecular weight excluding hydrogens is 232 g/mol. The third kappa shape index (κ3) is 2.17. The molecule has 1 heterocycles. The van der Waals surface area contributed by atoms with Crippen molar-refractivity contribution in [3.63, 3.8) is 0 Å². The fourth-order valence-electron chi connectivity index (χ4n) is 3.09. The zero-order valence-electron chi connectivity index (χ0n) is 11.6. The molecule has 2 atom stereocenters. The Balaban J connectivity index is 1.94. The highest BCUT2D eigenvalue weighted by Gasteiger charge is 2.33. The largest absolute Gasteiger partial charge is 0.310 e. The normalized spacial score (nSPS) is 18.5. The highest BCUT2D eigenvalue weighted by Crippen LogP contribution is 2.43. The molecule has 1 N–H and O–H groups in total. The van der Waals surface area contributed by atoms with Gasteiger partial charge in [-0.25, -0.2) is 0 Å². The van der Waals surface area contributed by atoms with Crippen molar-refractivity contribution in [3.05, 3.63) is 65.0 Å². The monoisotopic (exact) mass is 252 g/mol. The smallest absolute Gasteiger partial charge is 0.0410 e. The number of pyridine rings is 1. The van der Waals surface area contributed by atoms with Crippen LogP contribution in [0.2, 0.25) is 0 Å². The van der Waals surface area contributed by atoms with Crippen LogP contribution in [-0.4, -0.2) is 11.5 Å². The van der Waals surface area contributed by atoms with Crippen LogP contribution in [0, 0.1) is 6.92 Å². The molecular formula is C17H20N2. The van der Waals surface area contributed by atoms with Crippen LogP contribution in [0.3, 0.4) is 0 Å². The first-order chi connectivity index (χ1) is 9.31. The summed E-state index contributed by atoms with van der Waals surface area (Å²) in [6, 6.07) is 11.3. The number of nitrogens with one attached hydrogen (secondary N) is 1. The minimum atomic E-state index is 0.383. The Kier molecular flexibility index (Phi) is 3.34. The maximum Gasteiger partial charge on any atom is 0.0410 e. The zero-order valence-corrected chi connectivity index (χ0v) is 11.6. The summed E-state index contributed by atoms with van der Waals surface area (Å²) in [5.41, 5.74) is 5.66. The van der Waals surface area contributed by atoms with E-state index in [1.54, 1.807) is 0 Å². The van der Waals surface area contributed by atoms with E-state index in [0.717, 1.165) is 6.54 Å². The third-order valence-electron chi connectivity index (χ3n) is 4.14. The van der Waals surface area contributed by atoms with Crippen LogP contribution in [0.1, 0.15) is 41.1 Å². The second kappa shape index (κ2) is 5.14. The van der Waals surface area contributed by atoms with E-state index in [9.17, 15) is 0 Å². The van der Waals surface area contributed by atoms with Crippen molar-refractivity contribution in [2.75, 3.05) is 6.54 Å². The average molecular weight is 252 g/mol. The lowest BCUT2D eigenvalue weighted by Crippen LogP contribution is -2.33. The molecule has 0 saturated carbocycles. The molecule has 1 aliphatic carbocycles. The molecule has 0 amide bonds. The Morgan fingerprint density at radius 1 is 1.32 bits per heavy atom. The molecule has 0 aliphatic heterocycles. The topological polar surface area (TPSA) is 24.9 Å². The molecule has 2 aromatic rings. The van der Waals surface area contributed by atoms with Crippen LogP contribution in [0.25, 0.3) is 0 Å². The predicted molar refractivity (Wildman–Crippen MR) is 78.3 cm³/mol. The van der Waals surface area contributed by atoms with Gasteiger partial charge >= 0.3 is 0 Å². The maximum atomic E-state index is 4.31.